The molecule has 0 saturated heterocycles. The third kappa shape index (κ3) is 39.1. The Balaban J connectivity index is 3.50. The van der Waals surface area contributed by atoms with Crippen LogP contribution in [0.1, 0.15) is 271 Å². The van der Waals surface area contributed by atoms with Gasteiger partial charge in [-0.15, -0.1) is 0 Å². The predicted octanol–water partition coefficient (Wildman–Crippen LogP) is 13.8. The van der Waals surface area contributed by atoms with Crippen molar-refractivity contribution >= 4 is 5.91 Å². The van der Waals surface area contributed by atoms with E-state index in [4.69, 9.17) is 0 Å². The number of aliphatic hydroxyl groups excluding tert-OH is 3. The standard InChI is InChI=1S/C47H95NO4/c1-3-5-7-9-11-13-15-17-18-19-20-21-22-23-24-25-26-27-28-29-31-33-35-37-39-41-46(51)45(43-49)48-47(52)42-44(50)40-38-36-34-32-30-16-14-12-10-8-6-4-2/h44-46,49-51H,3-43H2,1-2H3,(H,48,52). The molecule has 5 heteroatoms. The Morgan fingerprint density at radius 3 is 0.923 bits per heavy atom. The third-order valence-electron chi connectivity index (χ3n) is 11.4. The molecule has 0 aliphatic heterocycles. The minimum absolute atomic E-state index is 0.0424. The van der Waals surface area contributed by atoms with Crippen molar-refractivity contribution in [1.82, 2.24) is 5.32 Å². The van der Waals surface area contributed by atoms with E-state index in [0.29, 0.717) is 12.8 Å². The summed E-state index contributed by atoms with van der Waals surface area (Å²) in [5, 5.41) is 33.4. The lowest BCUT2D eigenvalue weighted by molar-refractivity contribution is -0.125. The fraction of sp³-hybridized carbons (Fsp3) is 0.979. The Bertz CT molecular complexity index is 688. The van der Waals surface area contributed by atoms with Gasteiger partial charge in [0.15, 0.2) is 0 Å². The minimum atomic E-state index is -0.744. The first-order valence-corrected chi connectivity index (χ1v) is 23.8. The molecule has 52 heavy (non-hydrogen) atoms. The number of carbonyl (C=O) groups is 1. The highest BCUT2D eigenvalue weighted by Crippen LogP contribution is 2.17. The van der Waals surface area contributed by atoms with Gasteiger partial charge in [-0.05, 0) is 12.8 Å². The summed E-state index contributed by atoms with van der Waals surface area (Å²) in [5.74, 6) is -0.278. The van der Waals surface area contributed by atoms with Gasteiger partial charge in [-0.3, -0.25) is 4.79 Å². The fourth-order valence-electron chi connectivity index (χ4n) is 7.76. The first-order valence-electron chi connectivity index (χ1n) is 23.8. The lowest BCUT2D eigenvalue weighted by atomic mass is 10.0. The second kappa shape index (κ2) is 43.1. The van der Waals surface area contributed by atoms with E-state index in [1.54, 1.807) is 0 Å². The highest BCUT2D eigenvalue weighted by Gasteiger charge is 2.21. The Morgan fingerprint density at radius 1 is 0.404 bits per heavy atom. The van der Waals surface area contributed by atoms with Crippen LogP contribution < -0.4 is 5.32 Å². The van der Waals surface area contributed by atoms with Crippen LogP contribution in [0.2, 0.25) is 0 Å². The molecule has 0 spiro atoms. The van der Waals surface area contributed by atoms with Crippen LogP contribution in [0, 0.1) is 0 Å². The van der Waals surface area contributed by atoms with Gasteiger partial charge in [-0.25, -0.2) is 0 Å². The van der Waals surface area contributed by atoms with Crippen LogP contribution >= 0.6 is 0 Å². The molecule has 0 rings (SSSR count). The summed E-state index contributed by atoms with van der Waals surface area (Å²) in [6.07, 6.45) is 49.5. The highest BCUT2D eigenvalue weighted by atomic mass is 16.3. The Morgan fingerprint density at radius 2 is 0.654 bits per heavy atom. The van der Waals surface area contributed by atoms with Crippen molar-refractivity contribution in [3.8, 4) is 0 Å². The van der Waals surface area contributed by atoms with Gasteiger partial charge in [-0.2, -0.15) is 0 Å². The van der Waals surface area contributed by atoms with Crippen molar-refractivity contribution in [2.24, 2.45) is 0 Å². The second-order valence-electron chi connectivity index (χ2n) is 16.7. The number of rotatable bonds is 44. The molecule has 5 nitrogen and oxygen atoms in total. The van der Waals surface area contributed by atoms with Crippen molar-refractivity contribution in [2.45, 2.75) is 289 Å². The maximum absolute atomic E-state index is 12.4. The van der Waals surface area contributed by atoms with E-state index in [1.165, 1.54) is 212 Å². The number of unbranched alkanes of at least 4 members (excludes halogenated alkanes) is 35. The van der Waals surface area contributed by atoms with Crippen molar-refractivity contribution in [2.75, 3.05) is 6.61 Å². The quantitative estimate of drug-likeness (QED) is 0.0469. The minimum Gasteiger partial charge on any atom is -0.394 e. The molecule has 0 fully saturated rings. The van der Waals surface area contributed by atoms with Gasteiger partial charge in [0.25, 0.3) is 0 Å². The molecule has 0 saturated carbocycles. The molecule has 312 valence electrons. The SMILES string of the molecule is CCCCCCCCCCCCCCCCCCCCCCCCCCCC(O)C(CO)NC(=O)CC(O)CCCCCCCCCCCCCC. The maximum Gasteiger partial charge on any atom is 0.222 e. The Hall–Kier alpha value is -0.650. The molecule has 0 aromatic carbocycles. The summed E-state index contributed by atoms with van der Waals surface area (Å²) in [4.78, 5) is 12.4. The molecule has 3 atom stereocenters. The molecule has 0 radical (unpaired) electrons. The van der Waals surface area contributed by atoms with Crippen LogP contribution in [0.4, 0.5) is 0 Å². The summed E-state index contributed by atoms with van der Waals surface area (Å²) in [6, 6.07) is -0.652. The number of amides is 1. The average molecular weight is 738 g/mol. The van der Waals surface area contributed by atoms with Crippen molar-refractivity contribution in [3.63, 3.8) is 0 Å². The zero-order valence-electron chi connectivity index (χ0n) is 35.5. The highest BCUT2D eigenvalue weighted by molar-refractivity contribution is 5.76. The van der Waals surface area contributed by atoms with E-state index in [0.717, 1.165) is 25.7 Å². The lowest BCUT2D eigenvalue weighted by Gasteiger charge is -2.23. The largest absolute Gasteiger partial charge is 0.394 e. The van der Waals surface area contributed by atoms with Gasteiger partial charge in [0, 0.05) is 0 Å². The molecule has 1 amide bonds. The molecule has 0 aliphatic carbocycles. The molecule has 4 N–H and O–H groups in total. The molecule has 0 heterocycles. The zero-order chi connectivity index (χ0) is 38.0. The monoisotopic (exact) mass is 738 g/mol. The summed E-state index contributed by atoms with van der Waals surface area (Å²) < 4.78 is 0. The van der Waals surface area contributed by atoms with Gasteiger partial charge in [0.2, 0.25) is 5.91 Å². The van der Waals surface area contributed by atoms with E-state index >= 15 is 0 Å². The molecule has 0 aromatic rings. The van der Waals surface area contributed by atoms with Crippen molar-refractivity contribution in [3.05, 3.63) is 0 Å². The van der Waals surface area contributed by atoms with Crippen LogP contribution in [-0.2, 0) is 4.79 Å². The first kappa shape index (κ1) is 51.4. The van der Waals surface area contributed by atoms with E-state index in [1.807, 2.05) is 0 Å². The van der Waals surface area contributed by atoms with Crippen molar-refractivity contribution < 1.29 is 20.1 Å². The smallest absolute Gasteiger partial charge is 0.222 e. The topological polar surface area (TPSA) is 89.8 Å². The summed E-state index contributed by atoms with van der Waals surface area (Å²) in [6.45, 7) is 4.28. The molecule has 0 bridgehead atoms. The van der Waals surface area contributed by atoms with Gasteiger partial charge in [0.1, 0.15) is 0 Å². The number of aliphatic hydroxyl groups is 3. The van der Waals surface area contributed by atoms with E-state index in [2.05, 4.69) is 19.2 Å². The first-order chi connectivity index (χ1) is 25.5. The van der Waals surface area contributed by atoms with E-state index in [9.17, 15) is 20.1 Å². The lowest BCUT2D eigenvalue weighted by Crippen LogP contribution is -2.46. The number of nitrogens with one attached hydrogen (secondary N) is 1. The predicted molar refractivity (Wildman–Crippen MR) is 227 cm³/mol. The summed E-state index contributed by atoms with van der Waals surface area (Å²) in [7, 11) is 0. The molecule has 3 unspecified atom stereocenters. The molecular formula is C47H95NO4. The van der Waals surface area contributed by atoms with Crippen LogP contribution in [0.5, 0.6) is 0 Å². The van der Waals surface area contributed by atoms with Gasteiger partial charge < -0.3 is 20.6 Å². The maximum atomic E-state index is 12.4. The average Bonchev–Trinajstić information content (AvgIpc) is 3.14. The van der Waals surface area contributed by atoms with E-state index < -0.39 is 18.2 Å². The third-order valence-corrected chi connectivity index (χ3v) is 11.4. The molecule has 0 aliphatic rings. The number of hydrogen-bond acceptors (Lipinski definition) is 4. The van der Waals surface area contributed by atoms with Crippen LogP contribution in [0.25, 0.3) is 0 Å². The van der Waals surface area contributed by atoms with Crippen LogP contribution in [0.15, 0.2) is 0 Å². The fourth-order valence-corrected chi connectivity index (χ4v) is 7.76. The van der Waals surface area contributed by atoms with Gasteiger partial charge >= 0.3 is 0 Å². The van der Waals surface area contributed by atoms with Crippen LogP contribution in [0.3, 0.4) is 0 Å². The van der Waals surface area contributed by atoms with Crippen molar-refractivity contribution in [1.29, 1.82) is 0 Å². The number of hydrogen-bond donors (Lipinski definition) is 4. The summed E-state index contributed by atoms with van der Waals surface area (Å²) in [5.41, 5.74) is 0. The normalized spacial score (nSPS) is 13.4. The van der Waals surface area contributed by atoms with Crippen LogP contribution in [-0.4, -0.2) is 46.1 Å². The van der Waals surface area contributed by atoms with E-state index in [-0.39, 0.29) is 18.9 Å². The molecular weight excluding hydrogens is 643 g/mol. The second-order valence-corrected chi connectivity index (χ2v) is 16.7. The number of carbonyl (C=O) groups excluding carboxylic acids is 1. The Kier molecular flexibility index (Phi) is 42.5. The van der Waals surface area contributed by atoms with Gasteiger partial charge in [-0.1, -0.05) is 251 Å². The molecule has 0 aromatic heterocycles. The summed E-state index contributed by atoms with van der Waals surface area (Å²) >= 11 is 0. The Labute approximate surface area is 326 Å². The zero-order valence-corrected chi connectivity index (χ0v) is 35.5. The van der Waals surface area contributed by atoms with Gasteiger partial charge in [0.05, 0.1) is 31.3 Å².